The van der Waals surface area contributed by atoms with E-state index in [1.54, 1.807) is 0 Å². The molecule has 4 unspecified atom stereocenters. The summed E-state index contributed by atoms with van der Waals surface area (Å²) in [6.07, 6.45) is 5.78. The summed E-state index contributed by atoms with van der Waals surface area (Å²) in [6, 6.07) is -0.205. The number of likely N-dealkylation sites (tertiary alicyclic amines) is 1. The summed E-state index contributed by atoms with van der Waals surface area (Å²) >= 11 is 0. The molecule has 0 aromatic rings. The van der Waals surface area contributed by atoms with Crippen molar-refractivity contribution in [2.45, 2.75) is 64.5 Å². The minimum absolute atomic E-state index is 0.0717. The van der Waals surface area contributed by atoms with Gasteiger partial charge in [-0.1, -0.05) is 26.7 Å². The van der Waals surface area contributed by atoms with Gasteiger partial charge in [0.1, 0.15) is 0 Å². The maximum Gasteiger partial charge on any atom is 0.315 e. The fraction of sp³-hybridized carbons (Fsp3) is 0.941. The minimum Gasteiger partial charge on any atom is -0.391 e. The van der Waals surface area contributed by atoms with Gasteiger partial charge in [-0.05, 0) is 44.1 Å². The molecule has 22 heavy (non-hydrogen) atoms. The molecule has 0 bridgehead atoms. The Labute approximate surface area is 134 Å². The van der Waals surface area contributed by atoms with Gasteiger partial charge >= 0.3 is 6.03 Å². The van der Waals surface area contributed by atoms with Gasteiger partial charge in [0.05, 0.1) is 12.1 Å². The van der Waals surface area contributed by atoms with Gasteiger partial charge in [0.15, 0.2) is 0 Å². The lowest BCUT2D eigenvalue weighted by atomic mass is 9.92. The number of nitrogens with one attached hydrogen (secondary N) is 2. The Kier molecular flexibility index (Phi) is 6.96. The van der Waals surface area contributed by atoms with Crippen molar-refractivity contribution in [2.24, 2.45) is 11.8 Å². The monoisotopic (exact) mass is 311 g/mol. The molecule has 5 heteroatoms. The third-order valence-electron chi connectivity index (χ3n) is 4.93. The van der Waals surface area contributed by atoms with Crippen LogP contribution < -0.4 is 10.6 Å². The smallest absolute Gasteiger partial charge is 0.315 e. The number of nitrogens with zero attached hydrogens (tertiary/aromatic N) is 1. The van der Waals surface area contributed by atoms with Crippen LogP contribution in [0.2, 0.25) is 0 Å². The van der Waals surface area contributed by atoms with Crippen LogP contribution in [0.25, 0.3) is 0 Å². The van der Waals surface area contributed by atoms with Crippen LogP contribution in [0, 0.1) is 11.8 Å². The Balaban J connectivity index is 1.57. The molecule has 1 heterocycles. The molecule has 3 N–H and O–H groups in total. The minimum atomic E-state index is -0.379. The molecular formula is C17H33N3O2. The lowest BCUT2D eigenvalue weighted by molar-refractivity contribution is 0.0942. The molecule has 0 aromatic heterocycles. The van der Waals surface area contributed by atoms with E-state index in [0.29, 0.717) is 6.54 Å². The van der Waals surface area contributed by atoms with Gasteiger partial charge in [-0.15, -0.1) is 0 Å². The van der Waals surface area contributed by atoms with Crippen molar-refractivity contribution in [2.75, 3.05) is 26.2 Å². The number of rotatable bonds is 5. The molecule has 1 saturated heterocycles. The molecular weight excluding hydrogens is 278 g/mol. The van der Waals surface area contributed by atoms with E-state index in [9.17, 15) is 9.90 Å². The Morgan fingerprint density at radius 3 is 2.55 bits per heavy atom. The highest BCUT2D eigenvalue weighted by Gasteiger charge is 2.24. The van der Waals surface area contributed by atoms with Crippen molar-refractivity contribution >= 4 is 6.03 Å². The fourth-order valence-corrected chi connectivity index (χ4v) is 3.98. The lowest BCUT2D eigenvalue weighted by Crippen LogP contribution is -2.49. The summed E-state index contributed by atoms with van der Waals surface area (Å²) in [5.74, 6) is 1.57. The summed E-state index contributed by atoms with van der Waals surface area (Å²) in [4.78, 5) is 14.4. The van der Waals surface area contributed by atoms with E-state index in [-0.39, 0.29) is 18.2 Å². The number of hydrogen-bond acceptors (Lipinski definition) is 3. The predicted molar refractivity (Wildman–Crippen MR) is 88.8 cm³/mol. The molecule has 0 aromatic carbocycles. The Morgan fingerprint density at radius 2 is 1.86 bits per heavy atom. The first-order valence-electron chi connectivity index (χ1n) is 8.99. The van der Waals surface area contributed by atoms with Crippen molar-refractivity contribution in [3.05, 3.63) is 0 Å². The van der Waals surface area contributed by atoms with Gasteiger partial charge in [-0.2, -0.15) is 0 Å². The number of urea groups is 1. The molecule has 0 radical (unpaired) electrons. The Morgan fingerprint density at radius 1 is 1.18 bits per heavy atom. The van der Waals surface area contributed by atoms with Gasteiger partial charge in [0.2, 0.25) is 0 Å². The first-order chi connectivity index (χ1) is 10.5. The van der Waals surface area contributed by atoms with Gasteiger partial charge in [-0.25, -0.2) is 4.79 Å². The molecule has 0 spiro atoms. The molecule has 2 fully saturated rings. The van der Waals surface area contributed by atoms with E-state index in [0.717, 1.165) is 50.5 Å². The van der Waals surface area contributed by atoms with Crippen molar-refractivity contribution in [1.29, 1.82) is 0 Å². The van der Waals surface area contributed by atoms with E-state index in [1.807, 2.05) is 0 Å². The van der Waals surface area contributed by atoms with Crippen LogP contribution in [0.15, 0.2) is 0 Å². The first-order valence-corrected chi connectivity index (χ1v) is 8.99. The van der Waals surface area contributed by atoms with Crippen molar-refractivity contribution < 1.29 is 9.90 Å². The topological polar surface area (TPSA) is 64.6 Å². The van der Waals surface area contributed by atoms with E-state index in [4.69, 9.17) is 0 Å². The predicted octanol–water partition coefficient (Wildman–Crippen LogP) is 1.96. The molecule has 2 rings (SSSR count). The van der Waals surface area contributed by atoms with Gasteiger partial charge < -0.3 is 20.6 Å². The number of carbonyl (C=O) groups excluding carboxylic acids is 1. The zero-order valence-electron chi connectivity index (χ0n) is 14.2. The summed E-state index contributed by atoms with van der Waals surface area (Å²) in [5, 5.41) is 15.7. The second-order valence-electron chi connectivity index (χ2n) is 7.42. The molecule has 1 aliphatic carbocycles. The number of aliphatic hydroxyl groups is 1. The largest absolute Gasteiger partial charge is 0.391 e. The first kappa shape index (κ1) is 17.5. The Hall–Kier alpha value is -0.810. The van der Waals surface area contributed by atoms with E-state index in [1.165, 1.54) is 19.5 Å². The second kappa shape index (κ2) is 8.73. The van der Waals surface area contributed by atoms with E-state index >= 15 is 0 Å². The molecule has 128 valence electrons. The highest BCUT2D eigenvalue weighted by Crippen LogP contribution is 2.20. The maximum atomic E-state index is 11.9. The zero-order valence-corrected chi connectivity index (χ0v) is 14.2. The normalized spacial score (nSPS) is 33.4. The van der Waals surface area contributed by atoms with Gasteiger partial charge in [0.25, 0.3) is 0 Å². The number of aliphatic hydroxyl groups excluding tert-OH is 1. The summed E-state index contributed by atoms with van der Waals surface area (Å²) in [5.41, 5.74) is 0. The lowest BCUT2D eigenvalue weighted by Gasteiger charge is -2.35. The van der Waals surface area contributed by atoms with Crippen LogP contribution in [-0.4, -0.2) is 54.4 Å². The summed E-state index contributed by atoms with van der Waals surface area (Å²) in [6.45, 7) is 8.78. The number of hydrogen-bond donors (Lipinski definition) is 3. The molecule has 4 atom stereocenters. The third-order valence-corrected chi connectivity index (χ3v) is 4.93. The number of amides is 2. The second-order valence-corrected chi connectivity index (χ2v) is 7.42. The van der Waals surface area contributed by atoms with Crippen LogP contribution >= 0.6 is 0 Å². The van der Waals surface area contributed by atoms with Crippen molar-refractivity contribution in [3.8, 4) is 0 Å². The van der Waals surface area contributed by atoms with Crippen LogP contribution in [0.4, 0.5) is 4.79 Å². The summed E-state index contributed by atoms with van der Waals surface area (Å²) < 4.78 is 0. The number of carbonyl (C=O) groups is 1. The standard InChI is InChI=1S/C17H33N3O2/c1-13-10-14(2)12-20(11-13)9-5-8-18-17(22)19-15-6-3-4-7-16(15)21/h13-16,21H,3-12H2,1-2H3,(H2,18,19,22). The van der Waals surface area contributed by atoms with Crippen LogP contribution in [0.3, 0.4) is 0 Å². The third kappa shape index (κ3) is 5.76. The fourth-order valence-electron chi connectivity index (χ4n) is 3.98. The highest BCUT2D eigenvalue weighted by atomic mass is 16.3. The van der Waals surface area contributed by atoms with Gasteiger partial charge in [0, 0.05) is 19.6 Å². The van der Waals surface area contributed by atoms with E-state index < -0.39 is 0 Å². The van der Waals surface area contributed by atoms with Crippen LogP contribution in [0.1, 0.15) is 52.4 Å². The van der Waals surface area contributed by atoms with E-state index in [2.05, 4.69) is 29.4 Å². The highest BCUT2D eigenvalue weighted by molar-refractivity contribution is 5.74. The molecule has 1 aliphatic heterocycles. The zero-order chi connectivity index (χ0) is 15.9. The van der Waals surface area contributed by atoms with Crippen LogP contribution in [0.5, 0.6) is 0 Å². The molecule has 2 aliphatic rings. The quantitative estimate of drug-likeness (QED) is 0.680. The molecule has 5 nitrogen and oxygen atoms in total. The maximum absolute atomic E-state index is 11.9. The van der Waals surface area contributed by atoms with Crippen molar-refractivity contribution in [3.63, 3.8) is 0 Å². The SMILES string of the molecule is CC1CC(C)CN(CCCNC(=O)NC2CCCCC2O)C1. The summed E-state index contributed by atoms with van der Waals surface area (Å²) in [7, 11) is 0. The average Bonchev–Trinajstić information content (AvgIpc) is 2.45. The number of piperidine rings is 1. The van der Waals surface area contributed by atoms with Crippen molar-refractivity contribution in [1.82, 2.24) is 15.5 Å². The average molecular weight is 311 g/mol. The molecule has 2 amide bonds. The Bertz CT molecular complexity index is 341. The van der Waals surface area contributed by atoms with Gasteiger partial charge in [-0.3, -0.25) is 0 Å². The molecule has 1 saturated carbocycles. The van der Waals surface area contributed by atoms with Crippen LogP contribution in [-0.2, 0) is 0 Å².